The number of nitriles is 1. The zero-order chi connectivity index (χ0) is 12.3. The van der Waals surface area contributed by atoms with E-state index >= 15 is 0 Å². The Hall–Kier alpha value is -0.510. The Labute approximate surface area is 102 Å². The number of hydrogen-bond donors (Lipinski definition) is 0. The largest absolute Gasteiger partial charge is 0.198 e. The lowest BCUT2D eigenvalue weighted by Crippen LogP contribution is -2.03. The molecule has 1 heteroatoms. The molecule has 0 atom stereocenters. The summed E-state index contributed by atoms with van der Waals surface area (Å²) in [5.74, 6) is 0. The molecule has 0 aliphatic carbocycles. The van der Waals surface area contributed by atoms with Gasteiger partial charge in [-0.05, 0) is 18.3 Å². The van der Waals surface area contributed by atoms with Gasteiger partial charge in [0.15, 0.2) is 0 Å². The summed E-state index contributed by atoms with van der Waals surface area (Å²) in [4.78, 5) is 0. The van der Waals surface area contributed by atoms with E-state index in [1.807, 2.05) is 0 Å². The van der Waals surface area contributed by atoms with Crippen molar-refractivity contribution in [2.75, 3.05) is 0 Å². The molecule has 0 spiro atoms. The van der Waals surface area contributed by atoms with Crippen molar-refractivity contribution < 1.29 is 0 Å². The SMILES string of the molecule is CC(C)(C)CCCCCCCCCCC#N. The van der Waals surface area contributed by atoms with Crippen molar-refractivity contribution in [3.05, 3.63) is 0 Å². The Balaban J connectivity index is 3.02. The molecule has 0 rings (SSSR count). The topological polar surface area (TPSA) is 23.8 Å². The van der Waals surface area contributed by atoms with Crippen LogP contribution in [-0.4, -0.2) is 0 Å². The van der Waals surface area contributed by atoms with Crippen molar-refractivity contribution in [2.45, 2.75) is 85.0 Å². The summed E-state index contributed by atoms with van der Waals surface area (Å²) in [6, 6.07) is 2.20. The van der Waals surface area contributed by atoms with Crippen LogP contribution in [-0.2, 0) is 0 Å². The second-order valence-corrected chi connectivity index (χ2v) is 6.05. The molecule has 94 valence electrons. The Morgan fingerprint density at radius 3 is 1.62 bits per heavy atom. The van der Waals surface area contributed by atoms with E-state index in [9.17, 15) is 0 Å². The van der Waals surface area contributed by atoms with Crippen LogP contribution in [0.1, 0.15) is 85.0 Å². The van der Waals surface area contributed by atoms with Crippen molar-refractivity contribution in [1.29, 1.82) is 5.26 Å². The van der Waals surface area contributed by atoms with Gasteiger partial charge < -0.3 is 0 Å². The Morgan fingerprint density at radius 2 is 1.19 bits per heavy atom. The van der Waals surface area contributed by atoms with E-state index in [-0.39, 0.29) is 0 Å². The Morgan fingerprint density at radius 1 is 0.750 bits per heavy atom. The zero-order valence-electron chi connectivity index (χ0n) is 11.5. The molecule has 0 unspecified atom stereocenters. The fraction of sp³-hybridized carbons (Fsp3) is 0.933. The fourth-order valence-electron chi connectivity index (χ4n) is 1.92. The zero-order valence-corrected chi connectivity index (χ0v) is 11.5. The number of nitrogens with zero attached hydrogens (tertiary/aromatic N) is 1. The molecule has 1 nitrogen and oxygen atoms in total. The van der Waals surface area contributed by atoms with E-state index in [1.54, 1.807) is 0 Å². The maximum Gasteiger partial charge on any atom is 0.0621 e. The Kier molecular flexibility index (Phi) is 9.39. The molecular weight excluding hydrogens is 194 g/mol. The fourth-order valence-corrected chi connectivity index (χ4v) is 1.92. The molecule has 0 saturated carbocycles. The van der Waals surface area contributed by atoms with Crippen molar-refractivity contribution in [2.24, 2.45) is 5.41 Å². The first-order valence-electron chi connectivity index (χ1n) is 6.93. The number of unbranched alkanes of at least 4 members (excludes halogenated alkanes) is 8. The second-order valence-electron chi connectivity index (χ2n) is 6.05. The average molecular weight is 223 g/mol. The lowest BCUT2D eigenvalue weighted by Gasteiger charge is -2.17. The van der Waals surface area contributed by atoms with E-state index < -0.39 is 0 Å². The van der Waals surface area contributed by atoms with Crippen LogP contribution in [0.4, 0.5) is 0 Å². The molecule has 0 aromatic carbocycles. The molecule has 0 heterocycles. The van der Waals surface area contributed by atoms with E-state index in [0.29, 0.717) is 5.41 Å². The minimum Gasteiger partial charge on any atom is -0.198 e. The molecule has 0 radical (unpaired) electrons. The van der Waals surface area contributed by atoms with Crippen LogP contribution in [0.25, 0.3) is 0 Å². The first-order chi connectivity index (χ1) is 7.56. The van der Waals surface area contributed by atoms with E-state index in [2.05, 4.69) is 26.8 Å². The average Bonchev–Trinajstić information content (AvgIpc) is 2.19. The van der Waals surface area contributed by atoms with Gasteiger partial charge in [0.1, 0.15) is 0 Å². The Bertz CT molecular complexity index is 183. The first kappa shape index (κ1) is 15.5. The van der Waals surface area contributed by atoms with Crippen LogP contribution < -0.4 is 0 Å². The van der Waals surface area contributed by atoms with Gasteiger partial charge in [0.25, 0.3) is 0 Å². The summed E-state index contributed by atoms with van der Waals surface area (Å²) in [6.45, 7) is 6.96. The summed E-state index contributed by atoms with van der Waals surface area (Å²) in [6.07, 6.45) is 12.7. The highest BCUT2D eigenvalue weighted by atomic mass is 14.2. The lowest BCUT2D eigenvalue weighted by molar-refractivity contribution is 0.356. The maximum absolute atomic E-state index is 8.38. The molecular formula is C15H29N. The molecule has 0 aliphatic rings. The van der Waals surface area contributed by atoms with Gasteiger partial charge in [-0.2, -0.15) is 5.26 Å². The monoisotopic (exact) mass is 223 g/mol. The predicted octanol–water partition coefficient (Wildman–Crippen LogP) is 5.46. The minimum absolute atomic E-state index is 0.511. The molecule has 0 aromatic heterocycles. The second kappa shape index (κ2) is 9.70. The molecule has 0 saturated heterocycles. The normalized spacial score (nSPS) is 11.4. The van der Waals surface area contributed by atoms with Crippen LogP contribution in [0.5, 0.6) is 0 Å². The van der Waals surface area contributed by atoms with Gasteiger partial charge >= 0.3 is 0 Å². The van der Waals surface area contributed by atoms with Gasteiger partial charge in [-0.3, -0.25) is 0 Å². The van der Waals surface area contributed by atoms with Gasteiger partial charge in [-0.15, -0.1) is 0 Å². The molecule has 0 N–H and O–H groups in total. The van der Waals surface area contributed by atoms with Crippen molar-refractivity contribution in [3.63, 3.8) is 0 Å². The highest BCUT2D eigenvalue weighted by Gasteiger charge is 2.08. The van der Waals surface area contributed by atoms with E-state index in [0.717, 1.165) is 12.8 Å². The van der Waals surface area contributed by atoms with Gasteiger partial charge in [-0.25, -0.2) is 0 Å². The third-order valence-corrected chi connectivity index (χ3v) is 2.97. The van der Waals surface area contributed by atoms with Gasteiger partial charge in [0.2, 0.25) is 0 Å². The molecule has 0 aliphatic heterocycles. The molecule has 0 bridgehead atoms. The molecule has 0 amide bonds. The standard InChI is InChI=1S/C15H29N/c1-15(2,3)13-11-9-7-5-4-6-8-10-12-14-16/h4-13H2,1-3H3. The lowest BCUT2D eigenvalue weighted by atomic mass is 9.89. The summed E-state index contributed by atoms with van der Waals surface area (Å²) >= 11 is 0. The quantitative estimate of drug-likeness (QED) is 0.476. The van der Waals surface area contributed by atoms with Crippen LogP contribution >= 0.6 is 0 Å². The first-order valence-corrected chi connectivity index (χ1v) is 6.93. The summed E-state index contributed by atoms with van der Waals surface area (Å²) in [7, 11) is 0. The third kappa shape index (κ3) is 13.5. The van der Waals surface area contributed by atoms with Crippen molar-refractivity contribution in [1.82, 2.24) is 0 Å². The van der Waals surface area contributed by atoms with Gasteiger partial charge in [-0.1, -0.05) is 65.7 Å². The molecule has 0 aromatic rings. The van der Waals surface area contributed by atoms with E-state index in [1.165, 1.54) is 51.4 Å². The summed E-state index contributed by atoms with van der Waals surface area (Å²) in [5.41, 5.74) is 0.511. The molecule has 16 heavy (non-hydrogen) atoms. The highest BCUT2D eigenvalue weighted by molar-refractivity contribution is 4.67. The summed E-state index contributed by atoms with van der Waals surface area (Å²) in [5, 5.41) is 8.38. The number of rotatable bonds is 9. The molecule has 0 fully saturated rings. The van der Waals surface area contributed by atoms with Crippen LogP contribution in [0.3, 0.4) is 0 Å². The maximum atomic E-state index is 8.38. The van der Waals surface area contributed by atoms with Gasteiger partial charge in [0.05, 0.1) is 6.07 Å². The van der Waals surface area contributed by atoms with Gasteiger partial charge in [0, 0.05) is 6.42 Å². The summed E-state index contributed by atoms with van der Waals surface area (Å²) < 4.78 is 0. The number of hydrogen-bond acceptors (Lipinski definition) is 1. The smallest absolute Gasteiger partial charge is 0.0621 e. The minimum atomic E-state index is 0.511. The van der Waals surface area contributed by atoms with Crippen LogP contribution in [0, 0.1) is 16.7 Å². The van der Waals surface area contributed by atoms with Crippen LogP contribution in [0.2, 0.25) is 0 Å². The highest BCUT2D eigenvalue weighted by Crippen LogP contribution is 2.22. The van der Waals surface area contributed by atoms with Crippen LogP contribution in [0.15, 0.2) is 0 Å². The predicted molar refractivity (Wildman–Crippen MR) is 71.2 cm³/mol. The third-order valence-electron chi connectivity index (χ3n) is 2.97. The van der Waals surface area contributed by atoms with Crippen molar-refractivity contribution in [3.8, 4) is 6.07 Å². The van der Waals surface area contributed by atoms with Crippen molar-refractivity contribution >= 4 is 0 Å². The van der Waals surface area contributed by atoms with E-state index in [4.69, 9.17) is 5.26 Å².